The highest BCUT2D eigenvalue weighted by Crippen LogP contribution is 2.19. The minimum absolute atomic E-state index is 0.716. The summed E-state index contributed by atoms with van der Waals surface area (Å²) >= 11 is 0. The Labute approximate surface area is 71.3 Å². The second-order valence-corrected chi connectivity index (χ2v) is 2.44. The van der Waals surface area contributed by atoms with Crippen LogP contribution in [0, 0.1) is 6.92 Å². The zero-order valence-electron chi connectivity index (χ0n) is 7.11. The van der Waals surface area contributed by atoms with E-state index in [1.807, 2.05) is 25.1 Å². The number of hydrogen-bond donors (Lipinski definition) is 1. The molecule has 1 N–H and O–H groups in total. The monoisotopic (exact) mass is 165 g/mol. The van der Waals surface area contributed by atoms with E-state index in [1.165, 1.54) is 6.21 Å². The summed E-state index contributed by atoms with van der Waals surface area (Å²) in [5.74, 6) is 0.716. The number of rotatable bonds is 2. The number of nitrogens with zero attached hydrogens (tertiary/aromatic N) is 1. The molecule has 12 heavy (non-hydrogen) atoms. The Bertz CT molecular complexity index is 295. The fourth-order valence-corrected chi connectivity index (χ4v) is 1.05. The van der Waals surface area contributed by atoms with Crippen molar-refractivity contribution in [3.8, 4) is 5.75 Å². The van der Waals surface area contributed by atoms with Crippen molar-refractivity contribution in [2.45, 2.75) is 6.92 Å². The summed E-state index contributed by atoms with van der Waals surface area (Å²) in [7, 11) is 1.59. The van der Waals surface area contributed by atoms with Gasteiger partial charge in [0.2, 0.25) is 0 Å². The summed E-state index contributed by atoms with van der Waals surface area (Å²) in [4.78, 5) is 0. The van der Waals surface area contributed by atoms with Crippen molar-refractivity contribution in [1.29, 1.82) is 0 Å². The molecular formula is C9H11NO2. The van der Waals surface area contributed by atoms with E-state index in [0.717, 1.165) is 11.1 Å². The average molecular weight is 165 g/mol. The SMILES string of the molecule is COc1cccc(C)c1/C=N\O. The number of benzene rings is 1. The maximum atomic E-state index is 8.38. The van der Waals surface area contributed by atoms with Gasteiger partial charge in [-0.25, -0.2) is 0 Å². The molecule has 0 saturated heterocycles. The molecule has 1 rings (SSSR count). The molecule has 0 aliphatic heterocycles. The van der Waals surface area contributed by atoms with Gasteiger partial charge in [0.1, 0.15) is 5.75 Å². The summed E-state index contributed by atoms with van der Waals surface area (Å²) in [6.45, 7) is 1.93. The van der Waals surface area contributed by atoms with Crippen molar-refractivity contribution >= 4 is 6.21 Å². The standard InChI is InChI=1S/C9H11NO2/c1-7-4-3-5-9(12-2)8(7)6-10-11/h3-6,11H,1-2H3/b10-6-. The van der Waals surface area contributed by atoms with Crippen LogP contribution in [-0.2, 0) is 0 Å². The van der Waals surface area contributed by atoms with Gasteiger partial charge in [-0.15, -0.1) is 0 Å². The second kappa shape index (κ2) is 3.76. The molecule has 0 bridgehead atoms. The molecule has 3 nitrogen and oxygen atoms in total. The highest BCUT2D eigenvalue weighted by atomic mass is 16.5. The first-order valence-electron chi connectivity index (χ1n) is 3.60. The summed E-state index contributed by atoms with van der Waals surface area (Å²) in [5.41, 5.74) is 1.83. The Morgan fingerprint density at radius 3 is 2.83 bits per heavy atom. The third-order valence-electron chi connectivity index (χ3n) is 1.69. The number of aryl methyl sites for hydroxylation is 1. The number of hydrogen-bond acceptors (Lipinski definition) is 3. The van der Waals surface area contributed by atoms with E-state index in [1.54, 1.807) is 7.11 Å². The van der Waals surface area contributed by atoms with Gasteiger partial charge < -0.3 is 9.94 Å². The van der Waals surface area contributed by atoms with Crippen LogP contribution in [-0.4, -0.2) is 18.5 Å². The number of oxime groups is 1. The lowest BCUT2D eigenvalue weighted by atomic mass is 10.1. The van der Waals surface area contributed by atoms with Gasteiger partial charge in [-0.2, -0.15) is 0 Å². The Morgan fingerprint density at radius 1 is 1.50 bits per heavy atom. The zero-order chi connectivity index (χ0) is 8.97. The first-order chi connectivity index (χ1) is 5.79. The lowest BCUT2D eigenvalue weighted by molar-refractivity contribution is 0.321. The normalized spacial score (nSPS) is 10.5. The zero-order valence-corrected chi connectivity index (χ0v) is 7.11. The minimum atomic E-state index is 0.716. The van der Waals surface area contributed by atoms with Crippen LogP contribution in [0.5, 0.6) is 5.75 Å². The molecule has 0 fully saturated rings. The Kier molecular flexibility index (Phi) is 2.69. The van der Waals surface area contributed by atoms with Gasteiger partial charge in [0.05, 0.1) is 13.3 Å². The summed E-state index contributed by atoms with van der Waals surface area (Å²) in [5, 5.41) is 11.3. The molecule has 0 amide bonds. The molecule has 0 saturated carbocycles. The lowest BCUT2D eigenvalue weighted by Crippen LogP contribution is -1.93. The topological polar surface area (TPSA) is 41.8 Å². The van der Waals surface area contributed by atoms with Gasteiger partial charge in [0.25, 0.3) is 0 Å². The maximum absolute atomic E-state index is 8.38. The molecule has 0 aromatic heterocycles. The van der Waals surface area contributed by atoms with Crippen LogP contribution in [0.25, 0.3) is 0 Å². The molecule has 0 unspecified atom stereocenters. The Hall–Kier alpha value is -1.51. The average Bonchev–Trinajstić information content (AvgIpc) is 2.09. The van der Waals surface area contributed by atoms with Crippen molar-refractivity contribution in [2.24, 2.45) is 5.16 Å². The van der Waals surface area contributed by atoms with Crippen molar-refractivity contribution in [2.75, 3.05) is 7.11 Å². The van der Waals surface area contributed by atoms with Crippen molar-refractivity contribution in [3.05, 3.63) is 29.3 Å². The van der Waals surface area contributed by atoms with Crippen LogP contribution in [0.2, 0.25) is 0 Å². The number of methoxy groups -OCH3 is 1. The summed E-state index contributed by atoms with van der Waals surface area (Å²) in [6.07, 6.45) is 1.37. The van der Waals surface area contributed by atoms with Gasteiger partial charge in [0, 0.05) is 5.56 Å². The van der Waals surface area contributed by atoms with Crippen LogP contribution < -0.4 is 4.74 Å². The van der Waals surface area contributed by atoms with Gasteiger partial charge in [0.15, 0.2) is 0 Å². The van der Waals surface area contributed by atoms with Crippen molar-refractivity contribution in [3.63, 3.8) is 0 Å². The van der Waals surface area contributed by atoms with E-state index in [-0.39, 0.29) is 0 Å². The first-order valence-corrected chi connectivity index (χ1v) is 3.60. The highest BCUT2D eigenvalue weighted by molar-refractivity contribution is 5.85. The fourth-order valence-electron chi connectivity index (χ4n) is 1.05. The van der Waals surface area contributed by atoms with Gasteiger partial charge in [-0.3, -0.25) is 0 Å². The summed E-state index contributed by atoms with van der Waals surface area (Å²) in [6, 6.07) is 5.65. The molecule has 0 aliphatic carbocycles. The third kappa shape index (κ3) is 1.56. The van der Waals surface area contributed by atoms with Crippen molar-refractivity contribution in [1.82, 2.24) is 0 Å². The van der Waals surface area contributed by atoms with Crippen LogP contribution in [0.15, 0.2) is 23.4 Å². The fraction of sp³-hybridized carbons (Fsp3) is 0.222. The predicted molar refractivity (Wildman–Crippen MR) is 47.1 cm³/mol. The van der Waals surface area contributed by atoms with Gasteiger partial charge in [-0.1, -0.05) is 17.3 Å². The molecule has 0 spiro atoms. The van der Waals surface area contributed by atoms with Crippen LogP contribution >= 0.6 is 0 Å². The molecule has 1 aromatic carbocycles. The maximum Gasteiger partial charge on any atom is 0.128 e. The summed E-state index contributed by atoms with van der Waals surface area (Å²) < 4.78 is 5.08. The van der Waals surface area contributed by atoms with E-state index in [2.05, 4.69) is 5.16 Å². The smallest absolute Gasteiger partial charge is 0.128 e. The van der Waals surface area contributed by atoms with Gasteiger partial charge in [-0.05, 0) is 18.6 Å². The highest BCUT2D eigenvalue weighted by Gasteiger charge is 2.01. The van der Waals surface area contributed by atoms with E-state index in [0.29, 0.717) is 5.75 Å². The van der Waals surface area contributed by atoms with E-state index in [9.17, 15) is 0 Å². The second-order valence-electron chi connectivity index (χ2n) is 2.44. The largest absolute Gasteiger partial charge is 0.496 e. The van der Waals surface area contributed by atoms with Crippen LogP contribution in [0.1, 0.15) is 11.1 Å². The van der Waals surface area contributed by atoms with E-state index >= 15 is 0 Å². The molecule has 0 aliphatic rings. The van der Waals surface area contributed by atoms with E-state index < -0.39 is 0 Å². The minimum Gasteiger partial charge on any atom is -0.496 e. The predicted octanol–water partition coefficient (Wildman–Crippen LogP) is 1.81. The third-order valence-corrected chi connectivity index (χ3v) is 1.69. The Balaban J connectivity index is 3.19. The van der Waals surface area contributed by atoms with Gasteiger partial charge >= 0.3 is 0 Å². The van der Waals surface area contributed by atoms with E-state index in [4.69, 9.17) is 9.94 Å². The quantitative estimate of drug-likeness (QED) is 0.412. The van der Waals surface area contributed by atoms with Crippen LogP contribution in [0.4, 0.5) is 0 Å². The van der Waals surface area contributed by atoms with Crippen molar-refractivity contribution < 1.29 is 9.94 Å². The molecule has 1 aromatic rings. The van der Waals surface area contributed by atoms with Crippen LogP contribution in [0.3, 0.4) is 0 Å². The lowest BCUT2D eigenvalue weighted by Gasteiger charge is -2.05. The molecule has 0 atom stereocenters. The number of ether oxygens (including phenoxy) is 1. The first kappa shape index (κ1) is 8.59. The molecular weight excluding hydrogens is 154 g/mol. The molecule has 64 valence electrons. The Morgan fingerprint density at radius 2 is 2.25 bits per heavy atom. The molecule has 0 radical (unpaired) electrons. The molecule has 0 heterocycles. The molecule has 3 heteroatoms.